The number of aromatic nitrogens is 8. The van der Waals surface area contributed by atoms with Gasteiger partial charge in [-0.1, -0.05) is 174 Å². The van der Waals surface area contributed by atoms with Crippen molar-refractivity contribution in [2.75, 3.05) is 0 Å². The fourth-order valence-electron chi connectivity index (χ4n) is 15.4. The molecule has 8 aromatic heterocycles. The molecule has 15 heteroatoms. The maximum absolute atomic E-state index is 10.3. The van der Waals surface area contributed by atoms with Crippen LogP contribution >= 0.6 is 15.9 Å². The summed E-state index contributed by atoms with van der Waals surface area (Å²) in [5.41, 5.74) is 18.1. The van der Waals surface area contributed by atoms with Crippen LogP contribution in [0.5, 0.6) is 17.2 Å². The van der Waals surface area contributed by atoms with Gasteiger partial charge in [0.1, 0.15) is 40.2 Å². The standard InChI is InChI=1S/C46H34N6O.C29H24N4O.C17H11BrN2/c1-27(2)31-13-11-14-32(28(3)4)45(31)43-26-50-46-37-22-29(17-19-33(37)36-24-38(47-5)39(48-6)25-42(36)52(43)46)53-30-18-20-35-34-12-7-8-15-40(34)51(41(35)23-30)44-16-9-10-21-49-44;1-16(2)19-8-7-9-20(17(3)4)28(19)27-15-32-29-23-12-18(34)10-11-21(23)22-13-24(30-5)25(31-6)14-26(22)33(27)29;18-12-8-9-14-13-5-1-2-6-15(13)20(16(14)11-12)17-7-3-4-10-19-17/h7-28H,1-4H3;7-17,34H,1-4H3;1-11H. The smallest absolute Gasteiger partial charge is 0.196 e. The van der Waals surface area contributed by atoms with Gasteiger partial charge in [0, 0.05) is 77.4 Å². The topological polar surface area (TPSA) is 117 Å². The zero-order valence-electron chi connectivity index (χ0n) is 60.0. The van der Waals surface area contributed by atoms with Crippen molar-refractivity contribution in [2.24, 2.45) is 0 Å². The predicted octanol–water partition coefficient (Wildman–Crippen LogP) is 26.2. The van der Waals surface area contributed by atoms with Crippen LogP contribution in [0.1, 0.15) is 101 Å². The van der Waals surface area contributed by atoms with Crippen LogP contribution in [0.4, 0.5) is 22.7 Å². The van der Waals surface area contributed by atoms with Gasteiger partial charge in [-0.05, 0) is 177 Å². The van der Waals surface area contributed by atoms with Crippen LogP contribution in [-0.4, -0.2) is 43.0 Å². The number of rotatable bonds is 10. The Balaban J connectivity index is 0.000000137. The van der Waals surface area contributed by atoms with E-state index in [4.69, 9.17) is 41.0 Å². The van der Waals surface area contributed by atoms with Gasteiger partial charge in [-0.3, -0.25) is 37.3 Å². The average Bonchev–Trinajstić information content (AvgIpc) is 1.69. The highest BCUT2D eigenvalue weighted by Crippen LogP contribution is 2.47. The fourth-order valence-corrected chi connectivity index (χ4v) is 15.8. The van der Waals surface area contributed by atoms with E-state index in [9.17, 15) is 5.11 Å². The minimum atomic E-state index is 0.159. The number of aromatic hydroxyl groups is 1. The highest BCUT2D eigenvalue weighted by atomic mass is 79.9. The lowest BCUT2D eigenvalue weighted by Crippen LogP contribution is -2.02. The molecular weight excluding hydrogens is 1380 g/mol. The Kier molecular flexibility index (Phi) is 17.6. The SMILES string of the molecule is Brc1ccc2c3ccccc3n(-c3ccccn3)c2c1.[C-]#[N+]c1cc2c3ccc(O)cc3c3ncc(-c4c(C(C)C)cccc4C(C)C)n3c2cc1[N+]#[C-].[C-]#[N+]c1cc2c3ccc(Oc4ccc5c6ccccc6n(-c6ccccn6)c5c4)cc3c3ncc(-c4c(C(C)C)cccc4C(C)C)n3c2cc1[N+]#[C-]. The molecule has 0 aliphatic carbocycles. The Labute approximate surface area is 626 Å². The number of para-hydroxylation sites is 2. The van der Waals surface area contributed by atoms with Crippen molar-refractivity contribution in [1.82, 2.24) is 37.9 Å². The largest absolute Gasteiger partial charge is 0.508 e. The Morgan fingerprint density at radius 1 is 0.346 bits per heavy atom. The second kappa shape index (κ2) is 27.6. The molecule has 14 nitrogen and oxygen atoms in total. The summed E-state index contributed by atoms with van der Waals surface area (Å²) in [4.78, 5) is 33.8. The molecular formula is C92H69BrN12O2. The van der Waals surface area contributed by atoms with Crippen molar-refractivity contribution in [3.8, 4) is 51.4 Å². The van der Waals surface area contributed by atoms with Gasteiger partial charge in [-0.15, -0.1) is 0 Å². The summed E-state index contributed by atoms with van der Waals surface area (Å²) >= 11 is 3.56. The van der Waals surface area contributed by atoms with Gasteiger partial charge in [0.2, 0.25) is 0 Å². The molecule has 0 amide bonds. The number of hydrogen-bond donors (Lipinski definition) is 1. The fraction of sp³-hybridized carbons (Fsp3) is 0.130. The number of ether oxygens (including phenoxy) is 1. The van der Waals surface area contributed by atoms with Gasteiger partial charge in [-0.2, -0.15) is 0 Å². The number of hydrogen-bond acceptors (Lipinski definition) is 6. The molecule has 0 fully saturated rings. The molecule has 1 N–H and O–H groups in total. The summed E-state index contributed by atoms with van der Waals surface area (Å²) in [7, 11) is 0. The lowest BCUT2D eigenvalue weighted by Gasteiger charge is -2.20. The van der Waals surface area contributed by atoms with Crippen LogP contribution in [0.2, 0.25) is 0 Å². The number of pyridine rings is 4. The minimum absolute atomic E-state index is 0.159. The molecule has 0 spiro atoms. The molecule has 0 saturated carbocycles. The average molecular weight is 1450 g/mol. The van der Waals surface area contributed by atoms with E-state index in [1.165, 1.54) is 44.1 Å². The summed E-state index contributed by atoms with van der Waals surface area (Å²) in [6.07, 6.45) is 7.49. The van der Waals surface area contributed by atoms with Crippen LogP contribution < -0.4 is 4.74 Å². The predicted molar refractivity (Wildman–Crippen MR) is 439 cm³/mol. The lowest BCUT2D eigenvalue weighted by molar-refractivity contribution is 0.476. The van der Waals surface area contributed by atoms with E-state index in [1.807, 2.05) is 110 Å². The lowest BCUT2D eigenvalue weighted by atomic mass is 9.87. The highest BCUT2D eigenvalue weighted by Gasteiger charge is 2.26. The number of imidazole rings is 2. The van der Waals surface area contributed by atoms with Gasteiger partial charge in [0.15, 0.2) is 22.7 Å². The monoisotopic (exact) mass is 1450 g/mol. The normalized spacial score (nSPS) is 11.6. The quantitative estimate of drug-likeness (QED) is 0.108. The first-order valence-electron chi connectivity index (χ1n) is 35.6. The van der Waals surface area contributed by atoms with Crippen molar-refractivity contribution < 1.29 is 9.84 Å². The van der Waals surface area contributed by atoms with E-state index >= 15 is 0 Å². The number of fused-ring (bicyclic) bond motifs is 18. The van der Waals surface area contributed by atoms with E-state index in [1.54, 1.807) is 24.3 Å². The van der Waals surface area contributed by atoms with Crippen molar-refractivity contribution in [1.29, 1.82) is 0 Å². The number of benzene rings is 10. The number of nitrogens with zero attached hydrogens (tertiary/aromatic N) is 12. The van der Waals surface area contributed by atoms with Crippen molar-refractivity contribution in [3.63, 3.8) is 0 Å². The summed E-state index contributed by atoms with van der Waals surface area (Å²) in [6.45, 7) is 48.7. The third-order valence-electron chi connectivity index (χ3n) is 20.3. The summed E-state index contributed by atoms with van der Waals surface area (Å²) in [5.74, 6) is 4.47. The first-order chi connectivity index (χ1) is 52.0. The van der Waals surface area contributed by atoms with Gasteiger partial charge in [-0.25, -0.2) is 19.9 Å². The molecule has 0 atom stereocenters. The summed E-state index contributed by atoms with van der Waals surface area (Å²) in [6, 6.07) is 72.8. The zero-order valence-corrected chi connectivity index (χ0v) is 61.6. The summed E-state index contributed by atoms with van der Waals surface area (Å²) < 4.78 is 16.4. The molecule has 18 aromatic rings. The van der Waals surface area contributed by atoms with Crippen LogP contribution in [0, 0.1) is 26.3 Å². The van der Waals surface area contributed by atoms with Gasteiger partial charge >= 0.3 is 0 Å². The third-order valence-corrected chi connectivity index (χ3v) is 20.8. The van der Waals surface area contributed by atoms with Crippen LogP contribution in [0.15, 0.2) is 248 Å². The van der Waals surface area contributed by atoms with E-state index in [0.717, 1.165) is 109 Å². The second-order valence-electron chi connectivity index (χ2n) is 28.0. The van der Waals surface area contributed by atoms with Crippen LogP contribution in [0.3, 0.4) is 0 Å². The van der Waals surface area contributed by atoms with Crippen molar-refractivity contribution in [3.05, 3.63) is 316 Å². The number of halogens is 1. The highest BCUT2D eigenvalue weighted by molar-refractivity contribution is 9.10. The Hall–Kier alpha value is -13.4. The Morgan fingerprint density at radius 2 is 0.738 bits per heavy atom. The minimum Gasteiger partial charge on any atom is -0.508 e. The molecule has 516 valence electrons. The Bertz CT molecular complexity index is 6780. The van der Waals surface area contributed by atoms with Crippen molar-refractivity contribution >= 4 is 137 Å². The summed E-state index contributed by atoms with van der Waals surface area (Å²) in [5, 5.41) is 20.3. The molecule has 8 heterocycles. The molecule has 107 heavy (non-hydrogen) atoms. The third kappa shape index (κ3) is 11.7. The molecule has 0 unspecified atom stereocenters. The van der Waals surface area contributed by atoms with Crippen LogP contribution in [-0.2, 0) is 0 Å². The molecule has 0 aliphatic heterocycles. The van der Waals surface area contributed by atoms with E-state index in [-0.39, 0.29) is 17.6 Å². The van der Waals surface area contributed by atoms with E-state index < -0.39 is 0 Å². The molecule has 0 radical (unpaired) electrons. The van der Waals surface area contributed by atoms with Gasteiger partial charge < -0.3 is 9.84 Å². The van der Waals surface area contributed by atoms with Crippen LogP contribution in [0.25, 0.3) is 152 Å². The van der Waals surface area contributed by atoms with Gasteiger partial charge in [0.25, 0.3) is 0 Å². The first-order valence-corrected chi connectivity index (χ1v) is 36.3. The number of phenolic OH excluding ortho intramolecular Hbond substituents is 1. The maximum Gasteiger partial charge on any atom is 0.196 e. The Morgan fingerprint density at radius 3 is 1.19 bits per heavy atom. The molecule has 10 aromatic carbocycles. The van der Waals surface area contributed by atoms with Gasteiger partial charge in [0.05, 0.1) is 72.1 Å². The number of phenols is 1. The first kappa shape index (κ1) is 68.0. The molecule has 0 bridgehead atoms. The second-order valence-corrected chi connectivity index (χ2v) is 28.9. The maximum atomic E-state index is 10.3. The molecule has 0 aliphatic rings. The molecule has 0 saturated heterocycles. The van der Waals surface area contributed by atoms with E-state index in [0.29, 0.717) is 51.7 Å². The molecule has 18 rings (SSSR count). The van der Waals surface area contributed by atoms with Crippen molar-refractivity contribution in [2.45, 2.75) is 79.1 Å². The zero-order chi connectivity index (χ0) is 74.1. The van der Waals surface area contributed by atoms with E-state index in [2.05, 4.69) is 228 Å².